The topological polar surface area (TPSA) is 12.5 Å². The van der Waals surface area contributed by atoms with Gasteiger partial charge in [-0.1, -0.05) is 155 Å². The molecule has 220 valence electrons. The molecule has 0 amide bonds. The Bertz CT molecular complexity index is 470. The second-order valence-electron chi connectivity index (χ2n) is 12.3. The van der Waals surface area contributed by atoms with Crippen molar-refractivity contribution >= 4 is 0 Å². The molecular formula is C35H69NO. The van der Waals surface area contributed by atoms with E-state index >= 15 is 0 Å². The number of nitrogens with zero attached hydrogens (tertiary/aromatic N) is 1. The van der Waals surface area contributed by atoms with Gasteiger partial charge in [-0.15, -0.1) is 0 Å². The van der Waals surface area contributed by atoms with Crippen molar-refractivity contribution in [1.29, 1.82) is 0 Å². The van der Waals surface area contributed by atoms with E-state index in [-0.39, 0.29) is 0 Å². The Balaban J connectivity index is 1.69. The second kappa shape index (κ2) is 27.1. The first-order chi connectivity index (χ1) is 18.3. The predicted molar refractivity (Wildman–Crippen MR) is 166 cm³/mol. The molecular weight excluding hydrogens is 450 g/mol. The molecule has 0 atom stereocenters. The Morgan fingerprint density at radius 1 is 0.568 bits per heavy atom. The fraction of sp³-hybridized carbons (Fsp3) is 0.943. The first kappa shape index (κ1) is 34.5. The van der Waals surface area contributed by atoms with Crippen molar-refractivity contribution in [3.8, 4) is 0 Å². The molecule has 0 saturated heterocycles. The maximum atomic E-state index is 5.85. The van der Waals surface area contributed by atoms with Crippen molar-refractivity contribution in [2.75, 3.05) is 26.8 Å². The zero-order valence-corrected chi connectivity index (χ0v) is 25.9. The minimum Gasteiger partial charge on any atom is -0.381 e. The summed E-state index contributed by atoms with van der Waals surface area (Å²) in [7, 11) is 2.27. The van der Waals surface area contributed by atoms with E-state index in [2.05, 4.69) is 25.5 Å². The van der Waals surface area contributed by atoms with Crippen molar-refractivity contribution in [3.05, 3.63) is 12.3 Å². The van der Waals surface area contributed by atoms with Crippen LogP contribution in [0, 0.1) is 5.92 Å². The molecule has 0 unspecified atom stereocenters. The average molecular weight is 520 g/mol. The van der Waals surface area contributed by atoms with Gasteiger partial charge in [0.05, 0.1) is 0 Å². The van der Waals surface area contributed by atoms with Crippen LogP contribution in [0.5, 0.6) is 0 Å². The lowest BCUT2D eigenvalue weighted by molar-refractivity contribution is 0.125. The molecule has 37 heavy (non-hydrogen) atoms. The molecule has 1 rings (SSSR count). The Hall–Kier alpha value is -0.500. The normalized spacial score (nSPS) is 14.3. The molecule has 1 fully saturated rings. The molecule has 0 aromatic carbocycles. The Morgan fingerprint density at radius 3 is 1.38 bits per heavy atom. The van der Waals surface area contributed by atoms with Crippen LogP contribution in [-0.2, 0) is 4.74 Å². The van der Waals surface area contributed by atoms with Gasteiger partial charge in [0.25, 0.3) is 0 Å². The van der Waals surface area contributed by atoms with E-state index in [1.807, 2.05) is 0 Å². The third-order valence-corrected chi connectivity index (χ3v) is 8.74. The van der Waals surface area contributed by atoms with Crippen LogP contribution in [0.1, 0.15) is 180 Å². The maximum Gasteiger partial charge on any atom is 0.0466 e. The van der Waals surface area contributed by atoms with E-state index in [1.165, 1.54) is 186 Å². The van der Waals surface area contributed by atoms with Crippen LogP contribution in [-0.4, -0.2) is 31.7 Å². The third-order valence-electron chi connectivity index (χ3n) is 8.74. The molecule has 0 heterocycles. The molecule has 0 aliphatic heterocycles. The van der Waals surface area contributed by atoms with Crippen LogP contribution < -0.4 is 0 Å². The molecule has 0 aromatic rings. The van der Waals surface area contributed by atoms with Crippen LogP contribution in [0.4, 0.5) is 0 Å². The summed E-state index contributed by atoms with van der Waals surface area (Å²) in [6, 6.07) is 0. The van der Waals surface area contributed by atoms with Crippen molar-refractivity contribution in [2.24, 2.45) is 5.92 Å². The molecule has 2 nitrogen and oxygen atoms in total. The number of unbranched alkanes of at least 4 members (excludes halogenated alkanes) is 20. The summed E-state index contributed by atoms with van der Waals surface area (Å²) in [4.78, 5) is 2.46. The molecule has 0 radical (unpaired) electrons. The highest BCUT2D eigenvalue weighted by atomic mass is 16.5. The molecule has 1 saturated carbocycles. The summed E-state index contributed by atoms with van der Waals surface area (Å²) >= 11 is 0. The fourth-order valence-electron chi connectivity index (χ4n) is 6.01. The predicted octanol–water partition coefficient (Wildman–Crippen LogP) is 11.6. The number of allylic oxidation sites excluding steroid dienone is 1. The van der Waals surface area contributed by atoms with Gasteiger partial charge in [-0.2, -0.15) is 0 Å². The Morgan fingerprint density at radius 2 is 0.946 bits per heavy atom. The molecule has 0 aromatic heterocycles. The summed E-state index contributed by atoms with van der Waals surface area (Å²) in [5.74, 6) is 0.770. The summed E-state index contributed by atoms with van der Waals surface area (Å²) in [6.45, 7) is 9.89. The van der Waals surface area contributed by atoms with Crippen molar-refractivity contribution in [1.82, 2.24) is 4.90 Å². The molecule has 0 spiro atoms. The molecule has 2 heteroatoms. The summed E-state index contributed by atoms with van der Waals surface area (Å²) < 4.78 is 5.85. The zero-order valence-electron chi connectivity index (χ0n) is 25.9. The fourth-order valence-corrected chi connectivity index (χ4v) is 6.01. The highest BCUT2D eigenvalue weighted by Gasteiger charge is 2.18. The maximum absolute atomic E-state index is 5.85. The third kappa shape index (κ3) is 22.1. The first-order valence-corrected chi connectivity index (χ1v) is 17.2. The van der Waals surface area contributed by atoms with Crippen molar-refractivity contribution in [3.63, 3.8) is 0 Å². The van der Waals surface area contributed by atoms with E-state index in [0.717, 1.165) is 19.1 Å². The van der Waals surface area contributed by atoms with E-state index in [0.29, 0.717) is 0 Å². The quantitative estimate of drug-likeness (QED) is 0.0953. The summed E-state index contributed by atoms with van der Waals surface area (Å²) in [5, 5.41) is 0. The lowest BCUT2D eigenvalue weighted by Crippen LogP contribution is -2.25. The average Bonchev–Trinajstić information content (AvgIpc) is 2.93. The largest absolute Gasteiger partial charge is 0.381 e. The smallest absolute Gasteiger partial charge is 0.0466 e. The number of ether oxygens (including phenoxy) is 1. The molecule has 0 N–H and O–H groups in total. The van der Waals surface area contributed by atoms with Gasteiger partial charge < -0.3 is 9.64 Å². The highest BCUT2D eigenvalue weighted by Crippen LogP contribution is 2.30. The molecule has 1 aliphatic carbocycles. The minimum atomic E-state index is 0.770. The minimum absolute atomic E-state index is 0.770. The van der Waals surface area contributed by atoms with Crippen molar-refractivity contribution in [2.45, 2.75) is 180 Å². The van der Waals surface area contributed by atoms with Gasteiger partial charge in [-0.25, -0.2) is 0 Å². The standard InChI is InChI=1S/C35H69NO/c1-4-5-6-7-8-9-15-18-21-27-32-37-33-28-22-19-16-13-11-10-12-14-17-20-26-31-36(3)34(2)35-29-24-23-25-30-35/h35H,2,4-33H2,1,3H3. The van der Waals surface area contributed by atoms with Crippen LogP contribution >= 0.6 is 0 Å². The Labute approximate surface area is 234 Å². The van der Waals surface area contributed by atoms with E-state index in [4.69, 9.17) is 4.74 Å². The van der Waals surface area contributed by atoms with E-state index < -0.39 is 0 Å². The summed E-state index contributed by atoms with van der Waals surface area (Å²) in [5.41, 5.74) is 1.41. The van der Waals surface area contributed by atoms with E-state index in [9.17, 15) is 0 Å². The lowest BCUT2D eigenvalue weighted by Gasteiger charge is -2.31. The number of hydrogen-bond donors (Lipinski definition) is 0. The van der Waals surface area contributed by atoms with Gasteiger partial charge in [0.1, 0.15) is 0 Å². The monoisotopic (exact) mass is 520 g/mol. The summed E-state index contributed by atoms with van der Waals surface area (Å²) in [6.07, 6.45) is 37.8. The van der Waals surface area contributed by atoms with Gasteiger partial charge >= 0.3 is 0 Å². The second-order valence-corrected chi connectivity index (χ2v) is 12.3. The SMILES string of the molecule is C=C(C1CCCCC1)N(C)CCCCCCCCCCCCCCOCCCCCCCCCCCC. The molecule has 1 aliphatic rings. The zero-order chi connectivity index (χ0) is 26.7. The van der Waals surface area contributed by atoms with Gasteiger partial charge in [-0.05, 0) is 38.0 Å². The van der Waals surface area contributed by atoms with Crippen LogP contribution in [0.3, 0.4) is 0 Å². The van der Waals surface area contributed by atoms with Crippen molar-refractivity contribution < 1.29 is 4.74 Å². The lowest BCUT2D eigenvalue weighted by atomic mass is 9.87. The number of rotatable bonds is 28. The molecule has 0 bridgehead atoms. The van der Waals surface area contributed by atoms with Gasteiger partial charge in [0.2, 0.25) is 0 Å². The van der Waals surface area contributed by atoms with Gasteiger partial charge in [-0.3, -0.25) is 0 Å². The highest BCUT2D eigenvalue weighted by molar-refractivity contribution is 5.00. The van der Waals surface area contributed by atoms with E-state index in [1.54, 1.807) is 0 Å². The first-order valence-electron chi connectivity index (χ1n) is 17.2. The van der Waals surface area contributed by atoms with Crippen LogP contribution in [0.15, 0.2) is 12.3 Å². The van der Waals surface area contributed by atoms with Gasteiger partial charge in [0.15, 0.2) is 0 Å². The number of hydrogen-bond acceptors (Lipinski definition) is 2. The Kier molecular flexibility index (Phi) is 25.3. The van der Waals surface area contributed by atoms with Gasteiger partial charge in [0, 0.05) is 32.5 Å². The van der Waals surface area contributed by atoms with Crippen LogP contribution in [0.25, 0.3) is 0 Å². The van der Waals surface area contributed by atoms with Crippen LogP contribution in [0.2, 0.25) is 0 Å².